The summed E-state index contributed by atoms with van der Waals surface area (Å²) >= 11 is 5.14. The van der Waals surface area contributed by atoms with Crippen LogP contribution in [0.1, 0.15) is 11.3 Å². The highest BCUT2D eigenvalue weighted by Crippen LogP contribution is 2.17. The Balaban J connectivity index is 2.69. The predicted molar refractivity (Wildman–Crippen MR) is 60.4 cm³/mol. The Kier molecular flexibility index (Phi) is 2.44. The maximum Gasteiger partial charge on any atom is 0.181 e. The monoisotopic (exact) mass is 222 g/mol. The number of H-pyrrole nitrogens is 1. The number of aromatic nitrogens is 2. The van der Waals surface area contributed by atoms with Gasteiger partial charge in [-0.25, -0.2) is 4.39 Å². The molecule has 0 bridgehead atoms. The van der Waals surface area contributed by atoms with Gasteiger partial charge < -0.3 is 4.98 Å². The molecule has 1 aromatic heterocycles. The van der Waals surface area contributed by atoms with Crippen LogP contribution in [0.4, 0.5) is 4.39 Å². The SMILES string of the molecule is Cc1cn(-c2cccc(F)c2C)c(=S)[nH]1. The second kappa shape index (κ2) is 3.62. The Bertz CT molecular complexity index is 554. The highest BCUT2D eigenvalue weighted by molar-refractivity contribution is 7.71. The lowest BCUT2D eigenvalue weighted by atomic mass is 10.2. The lowest BCUT2D eigenvalue weighted by molar-refractivity contribution is 0.616. The molecule has 0 radical (unpaired) electrons. The molecule has 1 aromatic carbocycles. The van der Waals surface area contributed by atoms with Gasteiger partial charge in [0.2, 0.25) is 0 Å². The molecule has 2 rings (SSSR count). The van der Waals surface area contributed by atoms with Crippen LogP contribution in [-0.2, 0) is 0 Å². The van der Waals surface area contributed by atoms with Crippen molar-refractivity contribution >= 4 is 12.2 Å². The van der Waals surface area contributed by atoms with E-state index in [-0.39, 0.29) is 5.82 Å². The first-order valence-electron chi connectivity index (χ1n) is 4.63. The van der Waals surface area contributed by atoms with Gasteiger partial charge in [0.15, 0.2) is 4.77 Å². The first-order chi connectivity index (χ1) is 7.09. The van der Waals surface area contributed by atoms with Crippen molar-refractivity contribution in [2.24, 2.45) is 0 Å². The zero-order valence-electron chi connectivity index (χ0n) is 8.54. The highest BCUT2D eigenvalue weighted by Gasteiger charge is 2.06. The lowest BCUT2D eigenvalue weighted by Crippen LogP contribution is -1.97. The van der Waals surface area contributed by atoms with E-state index in [1.807, 2.05) is 19.2 Å². The molecule has 0 saturated heterocycles. The van der Waals surface area contributed by atoms with Crippen LogP contribution < -0.4 is 0 Å². The van der Waals surface area contributed by atoms with Gasteiger partial charge in [-0.2, -0.15) is 0 Å². The molecular formula is C11H11FN2S. The third kappa shape index (κ3) is 1.72. The number of halogens is 1. The molecule has 2 nitrogen and oxygen atoms in total. The van der Waals surface area contributed by atoms with Gasteiger partial charge in [0.05, 0.1) is 5.69 Å². The second-order valence-corrected chi connectivity index (χ2v) is 3.88. The highest BCUT2D eigenvalue weighted by atomic mass is 32.1. The minimum absolute atomic E-state index is 0.215. The van der Waals surface area contributed by atoms with Crippen LogP contribution in [0.2, 0.25) is 0 Å². The molecule has 0 fully saturated rings. The van der Waals surface area contributed by atoms with Crippen molar-refractivity contribution in [1.82, 2.24) is 9.55 Å². The average Bonchev–Trinajstić information content (AvgIpc) is 2.50. The molecular weight excluding hydrogens is 211 g/mol. The summed E-state index contributed by atoms with van der Waals surface area (Å²) in [6, 6.07) is 4.98. The Morgan fingerprint density at radius 2 is 2.07 bits per heavy atom. The summed E-state index contributed by atoms with van der Waals surface area (Å²) in [5, 5.41) is 0. The van der Waals surface area contributed by atoms with Gasteiger partial charge in [-0.1, -0.05) is 6.07 Å². The van der Waals surface area contributed by atoms with Crippen molar-refractivity contribution in [3.8, 4) is 5.69 Å². The van der Waals surface area contributed by atoms with Crippen molar-refractivity contribution in [2.75, 3.05) is 0 Å². The fourth-order valence-electron chi connectivity index (χ4n) is 1.55. The summed E-state index contributed by atoms with van der Waals surface area (Å²) in [7, 11) is 0. The Hall–Kier alpha value is -1.42. The van der Waals surface area contributed by atoms with E-state index in [0.717, 1.165) is 11.4 Å². The molecule has 1 N–H and O–H groups in total. The molecule has 78 valence electrons. The first-order valence-corrected chi connectivity index (χ1v) is 5.04. The maximum atomic E-state index is 13.3. The number of nitrogens with one attached hydrogen (secondary N) is 1. The van der Waals surface area contributed by atoms with Gasteiger partial charge in [-0.05, 0) is 38.2 Å². The number of benzene rings is 1. The van der Waals surface area contributed by atoms with Crippen molar-refractivity contribution in [2.45, 2.75) is 13.8 Å². The van der Waals surface area contributed by atoms with E-state index in [1.165, 1.54) is 6.07 Å². The number of hydrogen-bond acceptors (Lipinski definition) is 1. The molecule has 0 amide bonds. The lowest BCUT2D eigenvalue weighted by Gasteiger charge is -2.06. The van der Waals surface area contributed by atoms with Crippen LogP contribution in [0.3, 0.4) is 0 Å². The molecule has 4 heteroatoms. The van der Waals surface area contributed by atoms with Crippen LogP contribution in [0.25, 0.3) is 5.69 Å². The number of rotatable bonds is 1. The summed E-state index contributed by atoms with van der Waals surface area (Å²) < 4.78 is 15.7. The zero-order valence-corrected chi connectivity index (χ0v) is 9.36. The van der Waals surface area contributed by atoms with Crippen LogP contribution in [-0.4, -0.2) is 9.55 Å². The molecule has 2 aromatic rings. The summed E-state index contributed by atoms with van der Waals surface area (Å²) in [6.45, 7) is 3.66. The van der Waals surface area contributed by atoms with E-state index in [2.05, 4.69) is 4.98 Å². The number of hydrogen-bond donors (Lipinski definition) is 1. The van der Waals surface area contributed by atoms with Gasteiger partial charge in [-0.3, -0.25) is 4.57 Å². The second-order valence-electron chi connectivity index (χ2n) is 3.50. The summed E-state index contributed by atoms with van der Waals surface area (Å²) in [5.41, 5.74) is 2.35. The third-order valence-electron chi connectivity index (χ3n) is 2.34. The van der Waals surface area contributed by atoms with Gasteiger partial charge in [0.1, 0.15) is 5.82 Å². The van der Waals surface area contributed by atoms with E-state index in [0.29, 0.717) is 10.3 Å². The molecule has 0 aliphatic rings. The summed E-state index contributed by atoms with van der Waals surface area (Å²) in [5.74, 6) is -0.215. The van der Waals surface area contributed by atoms with Crippen LogP contribution in [0.15, 0.2) is 24.4 Å². The molecule has 0 spiro atoms. The standard InChI is InChI=1S/C11H11FN2S/c1-7-6-14(11(15)13-7)10-5-3-4-9(12)8(10)2/h3-6H,1-2H3,(H,13,15). The number of aryl methyl sites for hydroxylation is 1. The minimum atomic E-state index is -0.215. The van der Waals surface area contributed by atoms with Crippen molar-refractivity contribution in [1.29, 1.82) is 0 Å². The summed E-state index contributed by atoms with van der Waals surface area (Å²) in [6.07, 6.45) is 1.87. The maximum absolute atomic E-state index is 13.3. The average molecular weight is 222 g/mol. The normalized spacial score (nSPS) is 10.6. The summed E-state index contributed by atoms with van der Waals surface area (Å²) in [4.78, 5) is 3.01. The Morgan fingerprint density at radius 3 is 2.67 bits per heavy atom. The Morgan fingerprint density at radius 1 is 1.33 bits per heavy atom. The van der Waals surface area contributed by atoms with E-state index in [4.69, 9.17) is 12.2 Å². The van der Waals surface area contributed by atoms with E-state index in [1.54, 1.807) is 17.6 Å². The first kappa shape index (κ1) is 10.1. The van der Waals surface area contributed by atoms with Crippen LogP contribution in [0.5, 0.6) is 0 Å². The molecule has 0 atom stereocenters. The molecule has 0 aliphatic carbocycles. The zero-order chi connectivity index (χ0) is 11.0. The van der Waals surface area contributed by atoms with Crippen molar-refractivity contribution in [3.63, 3.8) is 0 Å². The van der Waals surface area contributed by atoms with E-state index >= 15 is 0 Å². The Labute approximate surface area is 92.4 Å². The van der Waals surface area contributed by atoms with E-state index in [9.17, 15) is 4.39 Å². The molecule has 1 heterocycles. The number of aromatic amines is 1. The predicted octanol–water partition coefficient (Wildman–Crippen LogP) is 3.29. The number of nitrogens with zero attached hydrogens (tertiary/aromatic N) is 1. The van der Waals surface area contributed by atoms with Crippen molar-refractivity contribution < 1.29 is 4.39 Å². The van der Waals surface area contributed by atoms with Gasteiger partial charge in [-0.15, -0.1) is 0 Å². The molecule has 15 heavy (non-hydrogen) atoms. The third-order valence-corrected chi connectivity index (χ3v) is 2.64. The van der Waals surface area contributed by atoms with E-state index < -0.39 is 0 Å². The number of imidazole rings is 1. The smallest absolute Gasteiger partial charge is 0.181 e. The molecule has 0 saturated carbocycles. The molecule has 0 aliphatic heterocycles. The quantitative estimate of drug-likeness (QED) is 0.734. The van der Waals surface area contributed by atoms with Crippen molar-refractivity contribution in [3.05, 3.63) is 46.2 Å². The van der Waals surface area contributed by atoms with Gasteiger partial charge in [0.25, 0.3) is 0 Å². The fourth-order valence-corrected chi connectivity index (χ4v) is 1.86. The topological polar surface area (TPSA) is 20.7 Å². The van der Waals surface area contributed by atoms with Crippen LogP contribution >= 0.6 is 12.2 Å². The van der Waals surface area contributed by atoms with Crippen LogP contribution in [0, 0.1) is 24.4 Å². The minimum Gasteiger partial charge on any atom is -0.335 e. The van der Waals surface area contributed by atoms with Gasteiger partial charge >= 0.3 is 0 Å². The fraction of sp³-hybridized carbons (Fsp3) is 0.182. The molecule has 0 unspecified atom stereocenters. The largest absolute Gasteiger partial charge is 0.335 e. The van der Waals surface area contributed by atoms with Gasteiger partial charge in [0, 0.05) is 17.5 Å².